The van der Waals surface area contributed by atoms with Gasteiger partial charge in [-0.25, -0.2) is 0 Å². The molecule has 0 radical (unpaired) electrons. The van der Waals surface area contributed by atoms with Gasteiger partial charge in [-0.3, -0.25) is 0 Å². The molecule has 0 heterocycles. The summed E-state index contributed by atoms with van der Waals surface area (Å²) in [4.78, 5) is 0. The van der Waals surface area contributed by atoms with E-state index < -0.39 is 7.26 Å². The molecule has 0 saturated heterocycles. The first-order valence-electron chi connectivity index (χ1n) is 7.10. The van der Waals surface area contributed by atoms with Crippen molar-refractivity contribution in [2.24, 2.45) is 0 Å². The number of benzene rings is 3. The van der Waals surface area contributed by atoms with Gasteiger partial charge in [0.2, 0.25) is 0 Å². The molecule has 3 aromatic carbocycles. The van der Waals surface area contributed by atoms with E-state index in [0.717, 1.165) is 0 Å². The van der Waals surface area contributed by atoms with Crippen molar-refractivity contribution in [2.75, 3.05) is 5.62 Å². The van der Waals surface area contributed by atoms with Crippen LogP contribution in [-0.4, -0.2) is 5.62 Å². The van der Waals surface area contributed by atoms with E-state index in [1.54, 1.807) is 0 Å². The minimum atomic E-state index is -2.13. The second-order valence-electron chi connectivity index (χ2n) is 5.14. The van der Waals surface area contributed by atoms with Crippen LogP contribution in [0.3, 0.4) is 0 Å². The number of hydrogen-bond donors (Lipinski definition) is 0. The van der Waals surface area contributed by atoms with Gasteiger partial charge in [0, 0.05) is 0 Å². The van der Waals surface area contributed by atoms with Crippen molar-refractivity contribution in [1.82, 2.24) is 0 Å². The SMILES string of the molecule is ClC[PH](c1ccccc1)(c1ccccc1)c1ccccc1. The Bertz CT molecular complexity index is 584. The van der Waals surface area contributed by atoms with Crippen LogP contribution < -0.4 is 15.9 Å². The molecule has 0 fully saturated rings. The van der Waals surface area contributed by atoms with E-state index in [0.29, 0.717) is 5.62 Å². The van der Waals surface area contributed by atoms with Gasteiger partial charge in [-0.1, -0.05) is 0 Å². The molecular formula is C19H18ClP. The van der Waals surface area contributed by atoms with Crippen LogP contribution in [0, 0.1) is 0 Å². The molecule has 0 aliphatic rings. The predicted molar refractivity (Wildman–Crippen MR) is 97.3 cm³/mol. The predicted octanol–water partition coefficient (Wildman–Crippen LogP) is 3.91. The van der Waals surface area contributed by atoms with Gasteiger partial charge >= 0.3 is 131 Å². The summed E-state index contributed by atoms with van der Waals surface area (Å²) in [5.41, 5.74) is 0.644. The molecule has 3 aromatic rings. The quantitative estimate of drug-likeness (QED) is 0.506. The van der Waals surface area contributed by atoms with Gasteiger partial charge in [0.25, 0.3) is 0 Å². The maximum atomic E-state index is 6.59. The Morgan fingerprint density at radius 1 is 0.524 bits per heavy atom. The fourth-order valence-corrected chi connectivity index (χ4v) is 8.04. The van der Waals surface area contributed by atoms with Gasteiger partial charge in [-0.05, 0) is 0 Å². The second-order valence-corrected chi connectivity index (χ2v) is 9.75. The molecule has 106 valence electrons. The van der Waals surface area contributed by atoms with Gasteiger partial charge in [-0.15, -0.1) is 0 Å². The van der Waals surface area contributed by atoms with Gasteiger partial charge in [0.1, 0.15) is 0 Å². The first-order valence-corrected chi connectivity index (χ1v) is 9.84. The van der Waals surface area contributed by atoms with Crippen LogP contribution in [0.15, 0.2) is 91.0 Å². The standard InChI is InChI=1S/C19H18ClP/c20-16-21(17-10-4-1-5-11-17,18-12-6-2-7-13-18)19-14-8-3-9-15-19/h1-15,21H,16H2. The molecule has 0 amide bonds. The molecule has 21 heavy (non-hydrogen) atoms. The third-order valence-electron chi connectivity index (χ3n) is 4.00. The van der Waals surface area contributed by atoms with E-state index in [4.69, 9.17) is 11.6 Å². The monoisotopic (exact) mass is 312 g/mol. The van der Waals surface area contributed by atoms with E-state index in [1.807, 2.05) is 0 Å². The summed E-state index contributed by atoms with van der Waals surface area (Å²) in [6, 6.07) is 32.1. The van der Waals surface area contributed by atoms with E-state index >= 15 is 0 Å². The summed E-state index contributed by atoms with van der Waals surface area (Å²) >= 11 is 6.59. The third kappa shape index (κ3) is 2.62. The molecule has 0 atom stereocenters. The van der Waals surface area contributed by atoms with Crippen molar-refractivity contribution in [3.63, 3.8) is 0 Å². The average Bonchev–Trinajstić information content (AvgIpc) is 2.59. The molecule has 0 nitrogen and oxygen atoms in total. The van der Waals surface area contributed by atoms with E-state index in [9.17, 15) is 0 Å². The molecule has 0 spiro atoms. The molecule has 0 unspecified atom stereocenters. The van der Waals surface area contributed by atoms with Crippen LogP contribution >= 0.6 is 18.9 Å². The van der Waals surface area contributed by atoms with Crippen LogP contribution in [0.2, 0.25) is 0 Å². The number of rotatable bonds is 4. The van der Waals surface area contributed by atoms with Crippen molar-refractivity contribution >= 4 is 34.8 Å². The fraction of sp³-hybridized carbons (Fsp3) is 0.0526. The Morgan fingerprint density at radius 2 is 0.810 bits per heavy atom. The average molecular weight is 313 g/mol. The Kier molecular flexibility index (Phi) is 4.39. The van der Waals surface area contributed by atoms with Crippen LogP contribution in [0.4, 0.5) is 0 Å². The van der Waals surface area contributed by atoms with Gasteiger partial charge in [-0.2, -0.15) is 0 Å². The van der Waals surface area contributed by atoms with E-state index in [-0.39, 0.29) is 0 Å². The number of hydrogen-bond acceptors (Lipinski definition) is 0. The first kappa shape index (κ1) is 14.3. The summed E-state index contributed by atoms with van der Waals surface area (Å²) < 4.78 is 0. The zero-order valence-electron chi connectivity index (χ0n) is 11.7. The van der Waals surface area contributed by atoms with Gasteiger partial charge in [0.05, 0.1) is 0 Å². The Balaban J connectivity index is 2.29. The summed E-state index contributed by atoms with van der Waals surface area (Å²) in [5.74, 6) is 0. The maximum absolute atomic E-state index is 6.59. The molecule has 0 bridgehead atoms. The van der Waals surface area contributed by atoms with Crippen LogP contribution in [0.1, 0.15) is 0 Å². The first-order chi connectivity index (χ1) is 10.4. The van der Waals surface area contributed by atoms with Crippen LogP contribution in [-0.2, 0) is 0 Å². The topological polar surface area (TPSA) is 0 Å². The van der Waals surface area contributed by atoms with Crippen LogP contribution in [0.25, 0.3) is 0 Å². The van der Waals surface area contributed by atoms with Crippen molar-refractivity contribution in [1.29, 1.82) is 0 Å². The second kappa shape index (κ2) is 6.43. The number of halogens is 1. The van der Waals surface area contributed by atoms with E-state index in [2.05, 4.69) is 91.0 Å². The van der Waals surface area contributed by atoms with Crippen molar-refractivity contribution in [3.8, 4) is 0 Å². The third-order valence-corrected chi connectivity index (χ3v) is 9.56. The minimum absolute atomic E-state index is 0.644. The normalized spacial score (nSPS) is 12.0. The summed E-state index contributed by atoms with van der Waals surface area (Å²) in [5, 5.41) is 4.08. The Morgan fingerprint density at radius 3 is 1.05 bits per heavy atom. The van der Waals surface area contributed by atoms with Gasteiger partial charge < -0.3 is 0 Å². The summed E-state index contributed by atoms with van der Waals surface area (Å²) in [7, 11) is -2.13. The van der Waals surface area contributed by atoms with Crippen molar-refractivity contribution in [3.05, 3.63) is 91.0 Å². The number of alkyl halides is 1. The molecule has 0 saturated carbocycles. The molecule has 0 aromatic heterocycles. The molecule has 3 rings (SSSR count). The van der Waals surface area contributed by atoms with Crippen LogP contribution in [0.5, 0.6) is 0 Å². The Hall–Kier alpha value is -1.62. The summed E-state index contributed by atoms with van der Waals surface area (Å²) in [6.45, 7) is 0. The molecular weight excluding hydrogens is 295 g/mol. The zero-order valence-corrected chi connectivity index (χ0v) is 13.5. The molecule has 0 aliphatic carbocycles. The molecule has 0 N–H and O–H groups in total. The van der Waals surface area contributed by atoms with Crippen molar-refractivity contribution < 1.29 is 0 Å². The zero-order chi connectivity index (χ0) is 14.5. The van der Waals surface area contributed by atoms with Crippen molar-refractivity contribution in [2.45, 2.75) is 0 Å². The molecule has 2 heteroatoms. The Labute approximate surface area is 131 Å². The fourth-order valence-electron chi connectivity index (χ4n) is 2.90. The van der Waals surface area contributed by atoms with E-state index in [1.165, 1.54) is 15.9 Å². The molecule has 0 aliphatic heterocycles. The summed E-state index contributed by atoms with van der Waals surface area (Å²) in [6.07, 6.45) is 0. The van der Waals surface area contributed by atoms with Gasteiger partial charge in [0.15, 0.2) is 0 Å².